The Hall–Kier alpha value is -2.72. The van der Waals surface area contributed by atoms with Crippen LogP contribution in [0.3, 0.4) is 0 Å². The molecule has 1 aliphatic heterocycles. The van der Waals surface area contributed by atoms with Gasteiger partial charge in [-0.25, -0.2) is 9.55 Å². The molecule has 2 aliphatic carbocycles. The van der Waals surface area contributed by atoms with Crippen molar-refractivity contribution in [1.29, 1.82) is 0 Å². The highest BCUT2D eigenvalue weighted by Gasteiger charge is 2.46. The Morgan fingerprint density at radius 1 is 1.18 bits per heavy atom. The van der Waals surface area contributed by atoms with E-state index in [0.717, 1.165) is 41.8 Å². The minimum Gasteiger partial charge on any atom is -0.494 e. The summed E-state index contributed by atoms with van der Waals surface area (Å²) in [7, 11) is -4.52. The smallest absolute Gasteiger partial charge is 0.469 e. The first-order valence-electron chi connectivity index (χ1n) is 13.3. The van der Waals surface area contributed by atoms with Gasteiger partial charge in [-0.15, -0.1) is 0 Å². The number of anilines is 2. The fraction of sp³-hybridized carbons (Fsp3) is 0.577. The van der Waals surface area contributed by atoms with Crippen molar-refractivity contribution in [2.75, 3.05) is 29.9 Å². The molecule has 2 saturated carbocycles. The molecule has 38 heavy (non-hydrogen) atoms. The Morgan fingerprint density at radius 2 is 1.92 bits per heavy atom. The fourth-order valence-corrected chi connectivity index (χ4v) is 6.08. The van der Waals surface area contributed by atoms with Crippen LogP contribution in [-0.4, -0.2) is 57.5 Å². The summed E-state index contributed by atoms with van der Waals surface area (Å²) in [5.41, 5.74) is 2.46. The molecular weight excluding hydrogens is 509 g/mol. The summed E-state index contributed by atoms with van der Waals surface area (Å²) in [4.78, 5) is 42.9. The number of hydrogen-bond donors (Lipinski definition) is 4. The number of piperidine rings is 1. The molecule has 0 bridgehead atoms. The van der Waals surface area contributed by atoms with Crippen LogP contribution in [0.4, 0.5) is 11.8 Å². The number of fused-ring (bicyclic) bond motifs is 1. The summed E-state index contributed by atoms with van der Waals surface area (Å²) in [5.74, 6) is 3.16. The monoisotopic (exact) mass is 545 g/mol. The molecule has 2 atom stereocenters. The van der Waals surface area contributed by atoms with Crippen molar-refractivity contribution >= 4 is 25.5 Å². The van der Waals surface area contributed by atoms with E-state index in [2.05, 4.69) is 26.6 Å². The third-order valence-corrected chi connectivity index (χ3v) is 8.15. The quantitative estimate of drug-likeness (QED) is 0.328. The number of aryl methyl sites for hydroxylation is 1. The maximum atomic E-state index is 13.3. The molecule has 12 heteroatoms. The fourth-order valence-electron chi connectivity index (χ4n) is 5.48. The normalized spacial score (nSPS) is 24.6. The highest BCUT2D eigenvalue weighted by molar-refractivity contribution is 7.46. The first-order chi connectivity index (χ1) is 18.2. The van der Waals surface area contributed by atoms with Gasteiger partial charge in [0.15, 0.2) is 0 Å². The minimum atomic E-state index is -4.52. The SMILES string of the molecule is CCOc1ccc(CNc2nc(N3CC4CC4C3)ncc2C(=O)N[C@H]2CC[C@H](OP(=O)(O)O)CC2)cc1C. The molecule has 1 saturated heterocycles. The molecule has 11 nitrogen and oxygen atoms in total. The van der Waals surface area contributed by atoms with Crippen molar-refractivity contribution in [2.24, 2.45) is 11.8 Å². The van der Waals surface area contributed by atoms with Crippen LogP contribution in [-0.2, 0) is 15.6 Å². The zero-order chi connectivity index (χ0) is 26.9. The minimum absolute atomic E-state index is 0.119. The summed E-state index contributed by atoms with van der Waals surface area (Å²) in [6.45, 7) is 6.97. The number of phosphoric ester groups is 1. The number of aromatic nitrogens is 2. The number of benzene rings is 1. The lowest BCUT2D eigenvalue weighted by atomic mass is 9.93. The van der Waals surface area contributed by atoms with E-state index in [1.54, 1.807) is 6.20 Å². The lowest BCUT2D eigenvalue weighted by Gasteiger charge is -2.29. The Balaban J connectivity index is 1.27. The summed E-state index contributed by atoms with van der Waals surface area (Å²) in [6, 6.07) is 5.90. The highest BCUT2D eigenvalue weighted by Crippen LogP contribution is 2.45. The zero-order valence-corrected chi connectivity index (χ0v) is 22.7. The van der Waals surface area contributed by atoms with Crippen molar-refractivity contribution in [3.05, 3.63) is 41.1 Å². The molecule has 1 aromatic carbocycles. The average Bonchev–Trinajstić information content (AvgIpc) is 3.49. The standard InChI is InChI=1S/C26H36N5O6P/c1-3-36-23-9-4-17(10-16(23)2)12-27-24-22(13-28-26(30-24)31-14-18-11-19(18)15-31)25(32)29-20-5-7-21(8-6-20)37-38(33,34)35/h4,9-10,13,18-21H,3,5-8,11-12,14-15H2,1-2H3,(H,29,32)(H,27,28,30)(H2,33,34,35)/t18?,19?,20-,21-. The molecule has 0 radical (unpaired) electrons. The van der Waals surface area contributed by atoms with Gasteiger partial charge < -0.3 is 30.1 Å². The highest BCUT2D eigenvalue weighted by atomic mass is 31.2. The van der Waals surface area contributed by atoms with Gasteiger partial charge in [-0.05, 0) is 75.0 Å². The van der Waals surface area contributed by atoms with Crippen LogP contribution in [0.25, 0.3) is 0 Å². The largest absolute Gasteiger partial charge is 0.494 e. The first-order valence-corrected chi connectivity index (χ1v) is 14.8. The molecule has 1 aromatic heterocycles. The van der Waals surface area contributed by atoms with E-state index in [1.807, 2.05) is 26.0 Å². The van der Waals surface area contributed by atoms with Gasteiger partial charge in [0.25, 0.3) is 5.91 Å². The summed E-state index contributed by atoms with van der Waals surface area (Å²) >= 11 is 0. The van der Waals surface area contributed by atoms with Gasteiger partial charge in [0, 0.05) is 31.9 Å². The first kappa shape index (κ1) is 26.9. The van der Waals surface area contributed by atoms with Gasteiger partial charge in [-0.2, -0.15) is 4.98 Å². The number of rotatable bonds is 10. The zero-order valence-electron chi connectivity index (χ0n) is 21.8. The van der Waals surface area contributed by atoms with Crippen LogP contribution in [0, 0.1) is 18.8 Å². The Morgan fingerprint density at radius 3 is 2.58 bits per heavy atom. The Kier molecular flexibility index (Phi) is 7.90. The summed E-state index contributed by atoms with van der Waals surface area (Å²) in [5, 5.41) is 6.41. The van der Waals surface area contributed by atoms with E-state index in [0.29, 0.717) is 56.2 Å². The van der Waals surface area contributed by atoms with Crippen LogP contribution in [0.15, 0.2) is 24.4 Å². The van der Waals surface area contributed by atoms with E-state index in [-0.39, 0.29) is 11.9 Å². The maximum absolute atomic E-state index is 13.3. The predicted octanol–water partition coefficient (Wildman–Crippen LogP) is 3.40. The van der Waals surface area contributed by atoms with Gasteiger partial charge in [-0.3, -0.25) is 9.32 Å². The summed E-state index contributed by atoms with van der Waals surface area (Å²) in [6.07, 6.45) is 4.43. The molecule has 4 N–H and O–H groups in total. The van der Waals surface area contributed by atoms with Crippen LogP contribution < -0.4 is 20.3 Å². The second-order valence-corrected chi connectivity index (χ2v) is 11.7. The van der Waals surface area contributed by atoms with E-state index in [9.17, 15) is 9.36 Å². The van der Waals surface area contributed by atoms with Crippen LogP contribution in [0.2, 0.25) is 0 Å². The van der Waals surface area contributed by atoms with E-state index in [1.165, 1.54) is 6.42 Å². The number of carbonyl (C=O) groups excluding carboxylic acids is 1. The van der Waals surface area contributed by atoms with Crippen molar-refractivity contribution in [2.45, 2.75) is 64.6 Å². The molecule has 2 aromatic rings. The van der Waals surface area contributed by atoms with Crippen LogP contribution in [0.1, 0.15) is 60.5 Å². The number of nitrogens with one attached hydrogen (secondary N) is 2. The average molecular weight is 546 g/mol. The third-order valence-electron chi connectivity index (χ3n) is 7.58. The number of carbonyl (C=O) groups is 1. The second kappa shape index (κ2) is 11.2. The molecule has 206 valence electrons. The summed E-state index contributed by atoms with van der Waals surface area (Å²) < 4.78 is 21.6. The van der Waals surface area contributed by atoms with Crippen LogP contribution in [0.5, 0.6) is 5.75 Å². The number of hydrogen-bond acceptors (Lipinski definition) is 8. The third kappa shape index (κ3) is 6.64. The molecule has 2 heterocycles. The van der Waals surface area contributed by atoms with Gasteiger partial charge in [-0.1, -0.05) is 12.1 Å². The Labute approximate surface area is 222 Å². The molecule has 5 rings (SSSR count). The second-order valence-electron chi connectivity index (χ2n) is 10.5. The number of ether oxygens (including phenoxy) is 1. The topological polar surface area (TPSA) is 146 Å². The number of nitrogens with zero attached hydrogens (tertiary/aromatic N) is 3. The van der Waals surface area contributed by atoms with Crippen molar-refractivity contribution in [3.8, 4) is 5.75 Å². The Bertz CT molecular complexity index is 1200. The molecule has 3 aliphatic rings. The number of amides is 1. The van der Waals surface area contributed by atoms with Crippen molar-refractivity contribution in [1.82, 2.24) is 15.3 Å². The number of phosphoric acid groups is 1. The molecule has 2 unspecified atom stereocenters. The van der Waals surface area contributed by atoms with Gasteiger partial charge >= 0.3 is 7.82 Å². The van der Waals surface area contributed by atoms with Gasteiger partial charge in [0.2, 0.25) is 5.95 Å². The van der Waals surface area contributed by atoms with E-state index in [4.69, 9.17) is 24.0 Å². The maximum Gasteiger partial charge on any atom is 0.469 e. The molecule has 3 fully saturated rings. The lowest BCUT2D eigenvalue weighted by Crippen LogP contribution is -2.39. The van der Waals surface area contributed by atoms with E-state index >= 15 is 0 Å². The molecule has 0 spiro atoms. The molecular formula is C26H36N5O6P. The van der Waals surface area contributed by atoms with Gasteiger partial charge in [0.1, 0.15) is 17.1 Å². The predicted molar refractivity (Wildman–Crippen MR) is 142 cm³/mol. The van der Waals surface area contributed by atoms with Crippen molar-refractivity contribution in [3.63, 3.8) is 0 Å². The van der Waals surface area contributed by atoms with Crippen LogP contribution >= 0.6 is 7.82 Å². The van der Waals surface area contributed by atoms with Gasteiger partial charge in [0.05, 0.1) is 12.7 Å². The van der Waals surface area contributed by atoms with Crippen molar-refractivity contribution < 1.29 is 28.4 Å². The molecule has 1 amide bonds. The van der Waals surface area contributed by atoms with E-state index < -0.39 is 13.9 Å². The lowest BCUT2D eigenvalue weighted by molar-refractivity contribution is 0.0820.